The second-order valence-corrected chi connectivity index (χ2v) is 8.06. The van der Waals surface area contributed by atoms with Crippen LogP contribution in [0, 0.1) is 0 Å². The summed E-state index contributed by atoms with van der Waals surface area (Å²) in [5, 5.41) is 5.75. The van der Waals surface area contributed by atoms with Crippen molar-refractivity contribution in [3.05, 3.63) is 72.9 Å². The lowest BCUT2D eigenvalue weighted by Crippen LogP contribution is -2.26. The molecule has 0 saturated heterocycles. The van der Waals surface area contributed by atoms with Gasteiger partial charge in [-0.25, -0.2) is 8.42 Å². The van der Waals surface area contributed by atoms with Gasteiger partial charge in [-0.1, -0.05) is 35.5 Å². The van der Waals surface area contributed by atoms with E-state index < -0.39 is 10.0 Å². The van der Waals surface area contributed by atoms with E-state index in [4.69, 9.17) is 4.52 Å². The fraction of sp³-hybridized carbons (Fsp3) is 0.105. The van der Waals surface area contributed by atoms with Gasteiger partial charge in [0.05, 0.1) is 11.4 Å². The molecule has 4 aromatic rings. The molecule has 8 heteroatoms. The van der Waals surface area contributed by atoms with E-state index in [1.165, 1.54) is 11.4 Å². The van der Waals surface area contributed by atoms with E-state index in [1.54, 1.807) is 42.7 Å². The molecule has 0 saturated carbocycles. The van der Waals surface area contributed by atoms with Crippen LogP contribution in [0.4, 0.5) is 0 Å². The van der Waals surface area contributed by atoms with Crippen LogP contribution in [0.3, 0.4) is 0 Å². The highest BCUT2D eigenvalue weighted by Gasteiger charge is 2.23. The van der Waals surface area contributed by atoms with Crippen molar-refractivity contribution >= 4 is 20.8 Å². The molecule has 7 nitrogen and oxygen atoms in total. The van der Waals surface area contributed by atoms with Crippen molar-refractivity contribution in [2.45, 2.75) is 11.4 Å². The summed E-state index contributed by atoms with van der Waals surface area (Å²) in [6.07, 6.45) is 3.25. The van der Waals surface area contributed by atoms with Crippen LogP contribution < -0.4 is 0 Å². The summed E-state index contributed by atoms with van der Waals surface area (Å²) in [6.45, 7) is -0.0206. The van der Waals surface area contributed by atoms with Gasteiger partial charge in [0.25, 0.3) is 0 Å². The van der Waals surface area contributed by atoms with Gasteiger partial charge in [0.15, 0.2) is 0 Å². The van der Waals surface area contributed by atoms with Crippen molar-refractivity contribution in [2.24, 2.45) is 0 Å². The SMILES string of the molecule is CN(Cc1nc(-c2ccncc2)no1)S(=O)(=O)c1ccc2ccccc2c1. The first-order chi connectivity index (χ1) is 13.0. The van der Waals surface area contributed by atoms with Crippen molar-refractivity contribution in [3.8, 4) is 11.4 Å². The van der Waals surface area contributed by atoms with E-state index in [-0.39, 0.29) is 17.3 Å². The Hall–Kier alpha value is -3.10. The van der Waals surface area contributed by atoms with E-state index in [2.05, 4.69) is 15.1 Å². The van der Waals surface area contributed by atoms with Crippen LogP contribution >= 0.6 is 0 Å². The molecule has 0 aliphatic rings. The van der Waals surface area contributed by atoms with Crippen LogP contribution in [0.1, 0.15) is 5.89 Å². The molecule has 2 heterocycles. The third kappa shape index (κ3) is 3.44. The maximum absolute atomic E-state index is 12.9. The first-order valence-corrected chi connectivity index (χ1v) is 9.66. The zero-order chi connectivity index (χ0) is 18.9. The fourth-order valence-corrected chi connectivity index (χ4v) is 3.88. The van der Waals surface area contributed by atoms with Gasteiger partial charge in [0.1, 0.15) is 0 Å². The average molecular weight is 380 g/mol. The number of benzene rings is 2. The van der Waals surface area contributed by atoms with Gasteiger partial charge in [-0.05, 0) is 35.0 Å². The lowest BCUT2D eigenvalue weighted by atomic mass is 10.1. The number of sulfonamides is 1. The van der Waals surface area contributed by atoms with Crippen LogP contribution in [0.15, 0.2) is 76.4 Å². The zero-order valence-electron chi connectivity index (χ0n) is 14.5. The van der Waals surface area contributed by atoms with E-state index in [9.17, 15) is 8.42 Å². The molecule has 2 aromatic carbocycles. The molecule has 0 fully saturated rings. The minimum absolute atomic E-state index is 0.0206. The summed E-state index contributed by atoms with van der Waals surface area (Å²) in [5.41, 5.74) is 0.750. The smallest absolute Gasteiger partial charge is 0.243 e. The molecule has 0 atom stereocenters. The third-order valence-corrected chi connectivity index (χ3v) is 5.99. The van der Waals surface area contributed by atoms with Gasteiger partial charge >= 0.3 is 0 Å². The molecule has 27 heavy (non-hydrogen) atoms. The van der Waals surface area contributed by atoms with Crippen molar-refractivity contribution in [2.75, 3.05) is 7.05 Å². The van der Waals surface area contributed by atoms with Crippen LogP contribution in [-0.2, 0) is 16.6 Å². The Labute approximate surface area is 156 Å². The summed E-state index contributed by atoms with van der Waals surface area (Å²) in [6, 6.07) is 16.2. The van der Waals surface area contributed by atoms with Gasteiger partial charge in [-0.15, -0.1) is 0 Å². The summed E-state index contributed by atoms with van der Waals surface area (Å²) in [7, 11) is -2.20. The zero-order valence-corrected chi connectivity index (χ0v) is 15.3. The molecule has 0 radical (unpaired) electrons. The van der Waals surface area contributed by atoms with Crippen LogP contribution in [-0.4, -0.2) is 34.9 Å². The Morgan fingerprint density at radius 3 is 2.52 bits per heavy atom. The normalized spacial score (nSPS) is 11.9. The molecule has 0 N–H and O–H groups in total. The molecule has 0 amide bonds. The van der Waals surface area contributed by atoms with Gasteiger partial charge < -0.3 is 4.52 Å². The maximum atomic E-state index is 12.9. The monoisotopic (exact) mass is 380 g/mol. The van der Waals surface area contributed by atoms with Gasteiger partial charge in [-0.3, -0.25) is 4.98 Å². The van der Waals surface area contributed by atoms with Crippen LogP contribution in [0.25, 0.3) is 22.2 Å². The third-order valence-electron chi connectivity index (χ3n) is 4.19. The molecule has 4 rings (SSSR count). The van der Waals surface area contributed by atoms with Crippen molar-refractivity contribution in [1.29, 1.82) is 0 Å². The number of pyridine rings is 1. The van der Waals surface area contributed by atoms with E-state index in [1.807, 2.05) is 24.3 Å². The van der Waals surface area contributed by atoms with E-state index >= 15 is 0 Å². The molecule has 2 aromatic heterocycles. The number of nitrogens with zero attached hydrogens (tertiary/aromatic N) is 4. The van der Waals surface area contributed by atoms with Gasteiger partial charge in [-0.2, -0.15) is 9.29 Å². The quantitative estimate of drug-likeness (QED) is 0.528. The molecule has 136 valence electrons. The summed E-state index contributed by atoms with van der Waals surface area (Å²) >= 11 is 0. The first-order valence-electron chi connectivity index (χ1n) is 8.22. The van der Waals surface area contributed by atoms with E-state index in [0.717, 1.165) is 16.3 Å². The number of rotatable bonds is 5. The number of hydrogen-bond acceptors (Lipinski definition) is 6. The first kappa shape index (κ1) is 17.3. The Morgan fingerprint density at radius 2 is 1.74 bits per heavy atom. The fourth-order valence-electron chi connectivity index (χ4n) is 2.72. The van der Waals surface area contributed by atoms with Crippen LogP contribution in [0.5, 0.6) is 0 Å². The number of fused-ring (bicyclic) bond motifs is 1. The van der Waals surface area contributed by atoms with Crippen molar-refractivity contribution in [3.63, 3.8) is 0 Å². The summed E-state index contributed by atoms with van der Waals surface area (Å²) in [5.74, 6) is 0.609. The molecule has 0 spiro atoms. The molecular weight excluding hydrogens is 364 g/mol. The van der Waals surface area contributed by atoms with Gasteiger partial charge in [0.2, 0.25) is 21.7 Å². The molecule has 0 unspecified atom stereocenters. The summed E-state index contributed by atoms with van der Waals surface area (Å²) < 4.78 is 32.2. The van der Waals surface area contributed by atoms with Crippen molar-refractivity contribution < 1.29 is 12.9 Å². The lowest BCUT2D eigenvalue weighted by molar-refractivity contribution is 0.337. The number of aromatic nitrogens is 3. The predicted molar refractivity (Wildman–Crippen MR) is 100 cm³/mol. The highest BCUT2D eigenvalue weighted by Crippen LogP contribution is 2.22. The second kappa shape index (κ2) is 6.90. The Bertz CT molecular complexity index is 1190. The predicted octanol–water partition coefficient (Wildman–Crippen LogP) is 3.11. The standard InChI is InChI=1S/C19H16N4O3S/c1-23(13-18-21-19(22-26-18)15-8-10-20-11-9-15)27(24,25)17-7-6-14-4-2-3-5-16(14)12-17/h2-12H,13H2,1H3. The van der Waals surface area contributed by atoms with Gasteiger partial charge in [0, 0.05) is 25.0 Å². The van der Waals surface area contributed by atoms with Crippen LogP contribution in [0.2, 0.25) is 0 Å². The Balaban J connectivity index is 1.58. The minimum Gasteiger partial charge on any atom is -0.338 e. The lowest BCUT2D eigenvalue weighted by Gasteiger charge is -2.15. The van der Waals surface area contributed by atoms with Crippen molar-refractivity contribution in [1.82, 2.24) is 19.4 Å². The second-order valence-electron chi connectivity index (χ2n) is 6.02. The Kier molecular flexibility index (Phi) is 4.43. The Morgan fingerprint density at radius 1 is 1.00 bits per heavy atom. The largest absolute Gasteiger partial charge is 0.338 e. The average Bonchev–Trinajstić information content (AvgIpc) is 3.16. The number of hydrogen-bond donors (Lipinski definition) is 0. The summed E-state index contributed by atoms with van der Waals surface area (Å²) in [4.78, 5) is 8.43. The molecule has 0 bridgehead atoms. The highest BCUT2D eigenvalue weighted by atomic mass is 32.2. The molecule has 0 aliphatic heterocycles. The maximum Gasteiger partial charge on any atom is 0.243 e. The molecule has 0 aliphatic carbocycles. The van der Waals surface area contributed by atoms with E-state index in [0.29, 0.717) is 5.82 Å². The topological polar surface area (TPSA) is 89.2 Å². The molecular formula is C19H16N4O3S. The minimum atomic E-state index is -3.69. The highest BCUT2D eigenvalue weighted by molar-refractivity contribution is 7.89.